The number of sulfone groups is 1. The Morgan fingerprint density at radius 2 is 1.97 bits per heavy atom. The summed E-state index contributed by atoms with van der Waals surface area (Å²) in [4.78, 5) is 19.3. The molecule has 0 spiro atoms. The van der Waals surface area contributed by atoms with E-state index in [1.54, 1.807) is 30.0 Å². The van der Waals surface area contributed by atoms with E-state index in [9.17, 15) is 13.2 Å². The summed E-state index contributed by atoms with van der Waals surface area (Å²) >= 11 is 7.64. The molecule has 4 rings (SSSR count). The van der Waals surface area contributed by atoms with Gasteiger partial charge in [-0.25, -0.2) is 13.4 Å². The second-order valence-corrected chi connectivity index (χ2v) is 10.8. The molecule has 0 atom stereocenters. The van der Waals surface area contributed by atoms with Gasteiger partial charge in [0, 0.05) is 31.5 Å². The molecular formula is C21H21ClN2O4S2. The zero-order valence-corrected chi connectivity index (χ0v) is 18.8. The van der Waals surface area contributed by atoms with Crippen LogP contribution in [0, 0.1) is 0 Å². The van der Waals surface area contributed by atoms with E-state index in [1.165, 1.54) is 23.5 Å². The molecule has 6 nitrogen and oxygen atoms in total. The number of piperidine rings is 1. The average Bonchev–Trinajstić information content (AvgIpc) is 3.18. The lowest BCUT2D eigenvalue weighted by Crippen LogP contribution is -2.41. The normalized spacial score (nSPS) is 15.5. The Morgan fingerprint density at radius 3 is 2.67 bits per heavy atom. The highest BCUT2D eigenvalue weighted by Gasteiger charge is 2.26. The maximum atomic E-state index is 12.9. The van der Waals surface area contributed by atoms with E-state index in [0.717, 1.165) is 10.2 Å². The predicted octanol–water partition coefficient (Wildman–Crippen LogP) is 4.43. The minimum Gasteiger partial charge on any atom is -0.467 e. The first-order valence-electron chi connectivity index (χ1n) is 9.71. The second kappa shape index (κ2) is 8.53. The fourth-order valence-corrected chi connectivity index (χ4v) is 5.54. The van der Waals surface area contributed by atoms with Crippen molar-refractivity contribution in [1.82, 2.24) is 9.88 Å². The smallest absolute Gasteiger partial charge is 0.274 e. The number of nitrogens with zero attached hydrogens (tertiary/aromatic N) is 2. The van der Waals surface area contributed by atoms with E-state index in [-0.39, 0.29) is 22.7 Å². The third-order valence-corrected chi connectivity index (χ3v) is 8.12. The molecule has 30 heavy (non-hydrogen) atoms. The minimum atomic E-state index is -3.35. The van der Waals surface area contributed by atoms with Gasteiger partial charge in [-0.05, 0) is 30.3 Å². The molecule has 1 amide bonds. The minimum absolute atomic E-state index is 0.00432. The Labute approximate surface area is 184 Å². The number of fused-ring (bicyclic) bond motifs is 1. The maximum Gasteiger partial charge on any atom is 0.274 e. The van der Waals surface area contributed by atoms with Crippen LogP contribution in [0.4, 0.5) is 0 Å². The number of likely N-dealkylation sites (tertiary alicyclic amines) is 1. The highest BCUT2D eigenvalue weighted by molar-refractivity contribution is 7.91. The molecule has 3 aromatic rings. The molecule has 0 saturated carbocycles. The van der Waals surface area contributed by atoms with Gasteiger partial charge in [0.05, 0.1) is 20.4 Å². The molecule has 2 heterocycles. The molecule has 0 unspecified atom stereocenters. The standard InChI is InChI=1S/C21H21ClN2O4S2/c1-2-30(26,27)16-6-3-5-14(13-16)20(25)24-11-9-15(10-12-24)28-21-23-19-17(22)7-4-8-18(19)29-21/h3-8,13,15H,2,9-12H2,1H3. The zero-order valence-electron chi connectivity index (χ0n) is 16.4. The van der Waals surface area contributed by atoms with Gasteiger partial charge in [-0.2, -0.15) is 0 Å². The van der Waals surface area contributed by atoms with E-state index in [2.05, 4.69) is 4.98 Å². The molecular weight excluding hydrogens is 444 g/mol. The lowest BCUT2D eigenvalue weighted by atomic mass is 10.1. The van der Waals surface area contributed by atoms with Crippen molar-refractivity contribution in [3.8, 4) is 5.19 Å². The summed E-state index contributed by atoms with van der Waals surface area (Å²) < 4.78 is 31.2. The quantitative estimate of drug-likeness (QED) is 0.558. The summed E-state index contributed by atoms with van der Waals surface area (Å²) in [5.41, 5.74) is 1.14. The van der Waals surface area contributed by atoms with Gasteiger partial charge in [-0.3, -0.25) is 4.79 Å². The second-order valence-electron chi connectivity index (χ2n) is 7.11. The van der Waals surface area contributed by atoms with Gasteiger partial charge in [0.25, 0.3) is 11.1 Å². The number of hydrogen-bond acceptors (Lipinski definition) is 6. The number of amides is 1. The summed E-state index contributed by atoms with van der Waals surface area (Å²) in [7, 11) is -3.35. The average molecular weight is 465 g/mol. The van der Waals surface area contributed by atoms with Crippen molar-refractivity contribution in [3.63, 3.8) is 0 Å². The van der Waals surface area contributed by atoms with Crippen LogP contribution in [0.2, 0.25) is 5.02 Å². The third-order valence-electron chi connectivity index (χ3n) is 5.17. The van der Waals surface area contributed by atoms with Crippen molar-refractivity contribution in [2.75, 3.05) is 18.8 Å². The number of hydrogen-bond donors (Lipinski definition) is 0. The van der Waals surface area contributed by atoms with Crippen LogP contribution in [0.5, 0.6) is 5.19 Å². The summed E-state index contributed by atoms with van der Waals surface area (Å²) in [6.45, 7) is 2.67. The molecule has 0 bridgehead atoms. The number of aromatic nitrogens is 1. The molecule has 158 valence electrons. The number of rotatable bonds is 5. The van der Waals surface area contributed by atoms with Gasteiger partial charge in [0.2, 0.25) is 0 Å². The van der Waals surface area contributed by atoms with Crippen LogP contribution in [0.15, 0.2) is 47.4 Å². The number of ether oxygens (including phenoxy) is 1. The number of benzene rings is 2. The molecule has 0 aliphatic carbocycles. The fourth-order valence-electron chi connectivity index (χ4n) is 3.44. The first-order valence-corrected chi connectivity index (χ1v) is 12.6. The molecule has 1 aromatic heterocycles. The first kappa shape index (κ1) is 21.1. The van der Waals surface area contributed by atoms with Crippen LogP contribution in [0.3, 0.4) is 0 Å². The van der Waals surface area contributed by atoms with Crippen LogP contribution in [-0.2, 0) is 9.84 Å². The first-order chi connectivity index (χ1) is 14.4. The molecule has 1 saturated heterocycles. The van der Waals surface area contributed by atoms with Crippen molar-refractivity contribution in [2.45, 2.75) is 30.8 Å². The van der Waals surface area contributed by atoms with E-state index >= 15 is 0 Å². The highest BCUT2D eigenvalue weighted by Crippen LogP contribution is 2.33. The van der Waals surface area contributed by atoms with E-state index in [1.807, 2.05) is 12.1 Å². The molecule has 1 aliphatic rings. The molecule has 1 fully saturated rings. The van der Waals surface area contributed by atoms with Crippen LogP contribution in [-0.4, -0.2) is 49.2 Å². The van der Waals surface area contributed by atoms with E-state index < -0.39 is 9.84 Å². The van der Waals surface area contributed by atoms with Crippen LogP contribution < -0.4 is 4.74 Å². The Balaban J connectivity index is 1.40. The molecule has 2 aromatic carbocycles. The summed E-state index contributed by atoms with van der Waals surface area (Å²) in [6.07, 6.45) is 1.34. The molecule has 0 N–H and O–H groups in total. The molecule has 1 aliphatic heterocycles. The molecule has 9 heteroatoms. The number of carbonyl (C=O) groups excluding carboxylic acids is 1. The maximum absolute atomic E-state index is 12.9. The summed E-state index contributed by atoms with van der Waals surface area (Å²) in [6, 6.07) is 11.9. The third kappa shape index (κ3) is 4.31. The highest BCUT2D eigenvalue weighted by atomic mass is 35.5. The Bertz CT molecular complexity index is 1180. The van der Waals surface area contributed by atoms with Gasteiger partial charge in [-0.15, -0.1) is 0 Å². The number of halogens is 1. The van der Waals surface area contributed by atoms with Crippen molar-refractivity contribution in [3.05, 3.63) is 53.1 Å². The summed E-state index contributed by atoms with van der Waals surface area (Å²) in [5.74, 6) is -0.155. The van der Waals surface area contributed by atoms with Crippen molar-refractivity contribution < 1.29 is 17.9 Å². The lowest BCUT2D eigenvalue weighted by Gasteiger charge is -2.31. The van der Waals surface area contributed by atoms with Crippen LogP contribution in [0.25, 0.3) is 10.2 Å². The Morgan fingerprint density at radius 1 is 1.23 bits per heavy atom. The predicted molar refractivity (Wildman–Crippen MR) is 118 cm³/mol. The van der Waals surface area contributed by atoms with Crippen molar-refractivity contribution >= 4 is 48.9 Å². The fraction of sp³-hybridized carbons (Fsp3) is 0.333. The monoisotopic (exact) mass is 464 g/mol. The van der Waals surface area contributed by atoms with E-state index in [0.29, 0.717) is 41.7 Å². The van der Waals surface area contributed by atoms with Gasteiger partial charge in [0.15, 0.2) is 9.84 Å². The van der Waals surface area contributed by atoms with Crippen molar-refractivity contribution in [2.24, 2.45) is 0 Å². The van der Waals surface area contributed by atoms with Gasteiger partial charge in [-0.1, -0.05) is 42.0 Å². The Hall–Kier alpha value is -2.16. The number of thiazole rings is 1. The number of carbonyl (C=O) groups is 1. The Kier molecular flexibility index (Phi) is 5.99. The SMILES string of the molecule is CCS(=O)(=O)c1cccc(C(=O)N2CCC(Oc3nc4c(Cl)cccc4s3)CC2)c1. The van der Waals surface area contributed by atoms with Gasteiger partial charge in [0.1, 0.15) is 11.6 Å². The molecule has 0 radical (unpaired) electrons. The van der Waals surface area contributed by atoms with Crippen LogP contribution in [0.1, 0.15) is 30.1 Å². The largest absolute Gasteiger partial charge is 0.467 e. The van der Waals surface area contributed by atoms with Gasteiger partial charge < -0.3 is 9.64 Å². The zero-order chi connectivity index (χ0) is 21.3. The topological polar surface area (TPSA) is 76.6 Å². The van der Waals surface area contributed by atoms with Gasteiger partial charge >= 0.3 is 0 Å². The number of para-hydroxylation sites is 1. The van der Waals surface area contributed by atoms with Crippen LogP contribution >= 0.6 is 22.9 Å². The van der Waals surface area contributed by atoms with E-state index in [4.69, 9.17) is 16.3 Å². The lowest BCUT2D eigenvalue weighted by molar-refractivity contribution is 0.0595. The summed E-state index contributed by atoms with van der Waals surface area (Å²) in [5, 5.41) is 1.19. The van der Waals surface area contributed by atoms with Crippen molar-refractivity contribution in [1.29, 1.82) is 0 Å².